The standard InChI is InChI=1S/C51H31BN2/c1-30-26-39-35-20-12-22-37-47(35)43(28-41-33-18-8-10-24-45(33)53(50(37)41)31-14-4-2-5-15-31)52-44-29-42-34-19-9-11-25-46(34)54(32-16-6-3-7-17-32)51(42)38-23-13-21-36(48(38)44)40(27-30)49(39)52/h2-29H,1H3/i2D,3D,4D,5D,6D,7D,14D,15D,16D,17D. The lowest BCUT2D eigenvalue weighted by atomic mass is 9.31. The molecule has 0 radical (unpaired) electrons. The van der Waals surface area contributed by atoms with Crippen LogP contribution in [0.5, 0.6) is 0 Å². The van der Waals surface area contributed by atoms with Crippen molar-refractivity contribution in [2.45, 2.75) is 6.92 Å². The maximum absolute atomic E-state index is 9.14. The molecule has 248 valence electrons. The predicted molar refractivity (Wildman–Crippen MR) is 230 cm³/mol. The van der Waals surface area contributed by atoms with Crippen LogP contribution in [0, 0.1) is 6.92 Å². The Hall–Kier alpha value is -6.84. The van der Waals surface area contributed by atoms with Crippen molar-refractivity contribution < 1.29 is 13.7 Å². The molecule has 2 aromatic heterocycles. The van der Waals surface area contributed by atoms with E-state index in [9.17, 15) is 0 Å². The average molecular weight is 693 g/mol. The normalized spacial score (nSPS) is 15.5. The van der Waals surface area contributed by atoms with Gasteiger partial charge < -0.3 is 9.13 Å². The molecule has 0 saturated heterocycles. The van der Waals surface area contributed by atoms with Crippen molar-refractivity contribution >= 4 is 88.3 Å². The zero-order valence-electron chi connectivity index (χ0n) is 38.9. The third-order valence-corrected chi connectivity index (χ3v) is 11.9. The zero-order chi connectivity index (χ0) is 43.9. The highest BCUT2D eigenvalue weighted by atomic mass is 15.0. The maximum atomic E-state index is 9.14. The van der Waals surface area contributed by atoms with Crippen molar-refractivity contribution in [1.82, 2.24) is 9.13 Å². The van der Waals surface area contributed by atoms with Crippen molar-refractivity contribution in [1.29, 1.82) is 0 Å². The van der Waals surface area contributed by atoms with E-state index in [2.05, 4.69) is 67.6 Å². The van der Waals surface area contributed by atoms with Gasteiger partial charge in [0.1, 0.15) is 0 Å². The van der Waals surface area contributed by atoms with E-state index in [1.165, 1.54) is 5.46 Å². The quantitative estimate of drug-likeness (QED) is 0.160. The summed E-state index contributed by atoms with van der Waals surface area (Å²) in [6, 6.07) is 33.8. The smallest absolute Gasteiger partial charge is 0.244 e. The molecule has 54 heavy (non-hydrogen) atoms. The molecule has 0 saturated carbocycles. The van der Waals surface area contributed by atoms with Crippen LogP contribution in [0.3, 0.4) is 0 Å². The van der Waals surface area contributed by atoms with Crippen molar-refractivity contribution in [3.63, 3.8) is 0 Å². The molecule has 0 unspecified atom stereocenters. The zero-order valence-corrected chi connectivity index (χ0v) is 28.9. The van der Waals surface area contributed by atoms with Crippen molar-refractivity contribution in [2.75, 3.05) is 0 Å². The minimum absolute atomic E-state index is 0.0986. The van der Waals surface area contributed by atoms with E-state index >= 15 is 0 Å². The van der Waals surface area contributed by atoms with Gasteiger partial charge in [0.05, 0.1) is 35.8 Å². The number of rotatable bonds is 2. The van der Waals surface area contributed by atoms with Gasteiger partial charge in [-0.15, -0.1) is 0 Å². The van der Waals surface area contributed by atoms with Gasteiger partial charge in [0.15, 0.2) is 0 Å². The van der Waals surface area contributed by atoms with E-state index in [0.717, 1.165) is 104 Å². The van der Waals surface area contributed by atoms with Crippen LogP contribution in [0.4, 0.5) is 0 Å². The number of para-hydroxylation sites is 4. The van der Waals surface area contributed by atoms with Crippen molar-refractivity contribution in [2.24, 2.45) is 0 Å². The molecule has 0 N–H and O–H groups in total. The third-order valence-electron chi connectivity index (χ3n) is 11.9. The summed E-state index contributed by atoms with van der Waals surface area (Å²) in [5.41, 5.74) is 11.9. The first-order chi connectivity index (χ1) is 30.9. The van der Waals surface area contributed by atoms with Gasteiger partial charge in [-0.2, -0.15) is 0 Å². The molecule has 0 spiro atoms. The lowest BCUT2D eigenvalue weighted by Gasteiger charge is -2.35. The van der Waals surface area contributed by atoms with Gasteiger partial charge in [-0.25, -0.2) is 0 Å². The van der Waals surface area contributed by atoms with Crippen LogP contribution >= 0.6 is 0 Å². The Morgan fingerprint density at radius 2 is 0.889 bits per heavy atom. The SMILES string of the molecule is [2H]c1c([2H])c([2H])c(-n2c3ccccc3c3cc4c5c(cccc5c32)-c2cc(C)cc3c2B4c2cc4c5ccccc5n(-c5c([2H])c([2H])c([2H])c([2H])c5[2H])c4c4cccc-3c24)c([2H])c1[2H]. The van der Waals surface area contributed by atoms with Gasteiger partial charge in [0.25, 0.3) is 0 Å². The molecule has 4 heterocycles. The monoisotopic (exact) mass is 692 g/mol. The molecule has 11 aromatic rings. The predicted octanol–water partition coefficient (Wildman–Crippen LogP) is 11.0. The van der Waals surface area contributed by atoms with E-state index in [1.807, 2.05) is 57.7 Å². The lowest BCUT2D eigenvalue weighted by Crippen LogP contribution is -2.57. The molecular formula is C51H31BN2. The Morgan fingerprint density at radius 3 is 1.37 bits per heavy atom. The molecule has 3 heteroatoms. The van der Waals surface area contributed by atoms with Crippen molar-refractivity contribution in [3.8, 4) is 33.6 Å². The molecular weight excluding hydrogens is 651 g/mol. The number of fused-ring (bicyclic) bond motifs is 12. The summed E-state index contributed by atoms with van der Waals surface area (Å²) < 4.78 is 91.7. The fourth-order valence-electron chi connectivity index (χ4n) is 10.0. The highest BCUT2D eigenvalue weighted by molar-refractivity contribution is 7.01. The molecule has 0 atom stereocenters. The molecule has 2 nitrogen and oxygen atoms in total. The van der Waals surface area contributed by atoms with E-state index in [0.29, 0.717) is 0 Å². The van der Waals surface area contributed by atoms with Crippen LogP contribution in [0.25, 0.3) is 98.8 Å². The van der Waals surface area contributed by atoms with E-state index in [4.69, 9.17) is 13.7 Å². The highest BCUT2D eigenvalue weighted by Crippen LogP contribution is 2.45. The Bertz CT molecular complexity index is 3740. The second kappa shape index (κ2) is 10.2. The number of hydrogen-bond acceptors (Lipinski definition) is 0. The minimum Gasteiger partial charge on any atom is -0.309 e. The molecule has 2 aliphatic heterocycles. The number of aryl methyl sites for hydroxylation is 1. The maximum Gasteiger partial charge on any atom is 0.244 e. The Labute approximate surface area is 326 Å². The van der Waals surface area contributed by atoms with Crippen LogP contribution in [-0.4, -0.2) is 15.8 Å². The number of aromatic nitrogens is 2. The molecule has 2 aliphatic rings. The van der Waals surface area contributed by atoms with Crippen LogP contribution in [0.15, 0.2) is 170 Å². The molecule has 0 fully saturated rings. The topological polar surface area (TPSA) is 9.86 Å². The first-order valence-corrected chi connectivity index (χ1v) is 18.2. The second-order valence-corrected chi connectivity index (χ2v) is 14.5. The van der Waals surface area contributed by atoms with Crippen molar-refractivity contribution in [3.05, 3.63) is 175 Å². The lowest BCUT2D eigenvalue weighted by molar-refractivity contribution is 1.19. The van der Waals surface area contributed by atoms with Gasteiger partial charge >= 0.3 is 0 Å². The summed E-state index contributed by atoms with van der Waals surface area (Å²) in [6.45, 7) is 1.84. The van der Waals surface area contributed by atoms with Gasteiger partial charge in [0, 0.05) is 43.7 Å². The largest absolute Gasteiger partial charge is 0.309 e. The summed E-state index contributed by atoms with van der Waals surface area (Å²) >= 11 is 0. The first kappa shape index (κ1) is 21.0. The minimum atomic E-state index is -0.441. The van der Waals surface area contributed by atoms with Crippen LogP contribution in [-0.2, 0) is 0 Å². The fourth-order valence-corrected chi connectivity index (χ4v) is 10.0. The number of nitrogens with zero attached hydrogens (tertiary/aromatic N) is 2. The third kappa shape index (κ3) is 3.48. The van der Waals surface area contributed by atoms with Gasteiger partial charge in [-0.1, -0.05) is 150 Å². The van der Waals surface area contributed by atoms with Crippen LogP contribution in [0.2, 0.25) is 0 Å². The summed E-state index contributed by atoms with van der Waals surface area (Å²) in [5, 5.41) is 7.42. The summed E-state index contributed by atoms with van der Waals surface area (Å²) in [4.78, 5) is 0. The average Bonchev–Trinajstić information content (AvgIpc) is 3.81. The van der Waals surface area contributed by atoms with Crippen LogP contribution in [0.1, 0.15) is 19.3 Å². The summed E-state index contributed by atoms with van der Waals surface area (Å²) in [5.74, 6) is 0. The van der Waals surface area contributed by atoms with Gasteiger partial charge in [0.2, 0.25) is 6.71 Å². The molecule has 0 amide bonds. The molecule has 0 aliphatic carbocycles. The summed E-state index contributed by atoms with van der Waals surface area (Å²) in [7, 11) is 0. The Kier molecular flexibility index (Phi) is 3.96. The van der Waals surface area contributed by atoms with Crippen LogP contribution < -0.4 is 16.4 Å². The second-order valence-electron chi connectivity index (χ2n) is 14.5. The highest BCUT2D eigenvalue weighted by Gasteiger charge is 2.40. The Morgan fingerprint density at radius 1 is 0.444 bits per heavy atom. The van der Waals surface area contributed by atoms with Gasteiger partial charge in [-0.05, 0) is 81.8 Å². The van der Waals surface area contributed by atoms with Gasteiger partial charge in [-0.3, -0.25) is 0 Å². The molecule has 0 bridgehead atoms. The number of benzene rings is 9. The molecule has 13 rings (SSSR count). The Balaban J connectivity index is 1.22. The van der Waals surface area contributed by atoms with E-state index in [-0.39, 0.29) is 42.3 Å². The fraction of sp³-hybridized carbons (Fsp3) is 0.0196. The van der Waals surface area contributed by atoms with E-state index < -0.39 is 36.3 Å². The molecule has 9 aromatic carbocycles. The summed E-state index contributed by atoms with van der Waals surface area (Å²) in [6.07, 6.45) is 0. The van der Waals surface area contributed by atoms with E-state index in [1.54, 1.807) is 0 Å². The number of hydrogen-bond donors (Lipinski definition) is 0. The first-order valence-electron chi connectivity index (χ1n) is 23.2.